The van der Waals surface area contributed by atoms with E-state index in [0.29, 0.717) is 0 Å². The first-order valence-corrected chi connectivity index (χ1v) is 3.32. The zero-order valence-corrected chi connectivity index (χ0v) is 5.41. The molecule has 1 rings (SSSR count). The largest absolute Gasteiger partial charge is 0.313 e. The van der Waals surface area contributed by atoms with Crippen molar-refractivity contribution in [3.05, 3.63) is 11.6 Å². The predicted molar refractivity (Wildman–Crippen MR) is 35.9 cm³/mol. The zero-order chi connectivity index (χ0) is 5.82. The highest BCUT2D eigenvalue weighted by Crippen LogP contribution is 2.06. The van der Waals surface area contributed by atoms with Crippen LogP contribution in [0.15, 0.2) is 11.6 Å². The molecule has 1 nitrogen and oxygen atoms in total. The quantitative estimate of drug-likeness (QED) is 0.503. The first-order chi connectivity index (χ1) is 3.93. The Morgan fingerprint density at radius 1 is 1.75 bits per heavy atom. The summed E-state index contributed by atoms with van der Waals surface area (Å²) in [7, 11) is 0. The van der Waals surface area contributed by atoms with Crippen LogP contribution in [-0.2, 0) is 0 Å². The van der Waals surface area contributed by atoms with Gasteiger partial charge in [0.05, 0.1) is 0 Å². The maximum Gasteiger partial charge on any atom is 0.0137 e. The van der Waals surface area contributed by atoms with Crippen LogP contribution in [0.4, 0.5) is 0 Å². The summed E-state index contributed by atoms with van der Waals surface area (Å²) in [4.78, 5) is 0. The fourth-order valence-corrected chi connectivity index (χ4v) is 0.991. The summed E-state index contributed by atoms with van der Waals surface area (Å²) < 4.78 is 0. The van der Waals surface area contributed by atoms with Crippen LogP contribution in [0.2, 0.25) is 0 Å². The van der Waals surface area contributed by atoms with Gasteiger partial charge in [-0.25, -0.2) is 0 Å². The molecule has 0 aromatic heterocycles. The lowest BCUT2D eigenvalue weighted by Crippen LogP contribution is -2.20. The van der Waals surface area contributed by atoms with E-state index in [2.05, 4.69) is 18.3 Å². The molecule has 0 aromatic carbocycles. The molecular weight excluding hydrogens is 98.1 g/mol. The second kappa shape index (κ2) is 2.88. The van der Waals surface area contributed by atoms with Crippen LogP contribution in [0, 0.1) is 0 Å². The average molecular weight is 111 g/mol. The van der Waals surface area contributed by atoms with E-state index in [9.17, 15) is 0 Å². The molecule has 0 aromatic rings. The van der Waals surface area contributed by atoms with Crippen molar-refractivity contribution in [2.24, 2.45) is 0 Å². The van der Waals surface area contributed by atoms with Gasteiger partial charge in [-0.15, -0.1) is 0 Å². The second-order valence-electron chi connectivity index (χ2n) is 2.17. The number of rotatable bonds is 1. The lowest BCUT2D eigenvalue weighted by molar-refractivity contribution is 0.688. The zero-order valence-electron chi connectivity index (χ0n) is 5.41. The van der Waals surface area contributed by atoms with Crippen LogP contribution in [0.5, 0.6) is 0 Å². The van der Waals surface area contributed by atoms with Crippen molar-refractivity contribution in [3.8, 4) is 0 Å². The van der Waals surface area contributed by atoms with Crippen molar-refractivity contribution in [1.29, 1.82) is 0 Å². The van der Waals surface area contributed by atoms with Gasteiger partial charge in [0.2, 0.25) is 0 Å². The number of hydrogen-bond acceptors (Lipinski definition) is 1. The molecule has 1 aliphatic rings. The van der Waals surface area contributed by atoms with Crippen LogP contribution in [0.1, 0.15) is 19.8 Å². The topological polar surface area (TPSA) is 12.0 Å². The Morgan fingerprint density at radius 3 is 3.00 bits per heavy atom. The van der Waals surface area contributed by atoms with Crippen molar-refractivity contribution < 1.29 is 0 Å². The molecule has 0 fully saturated rings. The minimum absolute atomic E-state index is 1.09. The van der Waals surface area contributed by atoms with Gasteiger partial charge in [0.25, 0.3) is 0 Å². The van der Waals surface area contributed by atoms with E-state index in [4.69, 9.17) is 0 Å². The Kier molecular flexibility index (Phi) is 2.10. The smallest absolute Gasteiger partial charge is 0.0137 e. The molecule has 0 saturated carbocycles. The Bertz CT molecular complexity index is 94.6. The second-order valence-corrected chi connectivity index (χ2v) is 2.17. The summed E-state index contributed by atoms with van der Waals surface area (Å²) in [6.45, 7) is 4.49. The van der Waals surface area contributed by atoms with Crippen molar-refractivity contribution in [2.75, 3.05) is 13.1 Å². The first kappa shape index (κ1) is 5.83. The monoisotopic (exact) mass is 111 g/mol. The van der Waals surface area contributed by atoms with Gasteiger partial charge in [-0.1, -0.05) is 18.6 Å². The SMILES string of the molecule is CCC1=CCNCC1. The van der Waals surface area contributed by atoms with Gasteiger partial charge in [0, 0.05) is 6.54 Å². The molecule has 0 aliphatic carbocycles. The summed E-state index contributed by atoms with van der Waals surface area (Å²) in [6, 6.07) is 0. The van der Waals surface area contributed by atoms with E-state index in [1.807, 2.05) is 0 Å². The summed E-state index contributed by atoms with van der Waals surface area (Å²) >= 11 is 0. The molecule has 1 heteroatoms. The molecule has 0 radical (unpaired) electrons. The van der Waals surface area contributed by atoms with Crippen LogP contribution >= 0.6 is 0 Å². The van der Waals surface area contributed by atoms with E-state index in [1.54, 1.807) is 5.57 Å². The molecule has 0 spiro atoms. The number of hydrogen-bond donors (Lipinski definition) is 1. The molecule has 8 heavy (non-hydrogen) atoms. The van der Waals surface area contributed by atoms with E-state index < -0.39 is 0 Å². The lowest BCUT2D eigenvalue weighted by Gasteiger charge is -2.10. The Labute approximate surface area is 50.8 Å². The van der Waals surface area contributed by atoms with Crippen LogP contribution < -0.4 is 5.32 Å². The van der Waals surface area contributed by atoms with Gasteiger partial charge in [0.15, 0.2) is 0 Å². The van der Waals surface area contributed by atoms with E-state index in [1.165, 1.54) is 19.4 Å². The van der Waals surface area contributed by atoms with Crippen molar-refractivity contribution in [1.82, 2.24) is 5.32 Å². The molecule has 0 amide bonds. The van der Waals surface area contributed by atoms with E-state index in [0.717, 1.165) is 6.54 Å². The highest BCUT2D eigenvalue weighted by molar-refractivity contribution is 5.05. The highest BCUT2D eigenvalue weighted by Gasteiger charge is 1.97. The molecule has 0 saturated heterocycles. The molecule has 0 atom stereocenters. The number of nitrogens with one attached hydrogen (secondary N) is 1. The van der Waals surface area contributed by atoms with Crippen LogP contribution in [0.3, 0.4) is 0 Å². The lowest BCUT2D eigenvalue weighted by atomic mass is 10.1. The van der Waals surface area contributed by atoms with Gasteiger partial charge in [-0.3, -0.25) is 0 Å². The minimum Gasteiger partial charge on any atom is -0.313 e. The normalized spacial score (nSPS) is 20.4. The predicted octanol–water partition coefficient (Wildman–Crippen LogP) is 1.32. The summed E-state index contributed by atoms with van der Waals surface area (Å²) in [5, 5.41) is 3.27. The van der Waals surface area contributed by atoms with E-state index >= 15 is 0 Å². The fraction of sp³-hybridized carbons (Fsp3) is 0.714. The molecule has 1 N–H and O–H groups in total. The molecule has 1 aliphatic heterocycles. The van der Waals surface area contributed by atoms with Crippen LogP contribution in [-0.4, -0.2) is 13.1 Å². The Balaban J connectivity index is 2.37. The van der Waals surface area contributed by atoms with Gasteiger partial charge in [-0.05, 0) is 19.4 Å². The average Bonchev–Trinajstić information content (AvgIpc) is 1.90. The molecule has 46 valence electrons. The minimum atomic E-state index is 1.09. The fourth-order valence-electron chi connectivity index (χ4n) is 0.991. The summed E-state index contributed by atoms with van der Waals surface area (Å²) in [5.41, 5.74) is 1.61. The van der Waals surface area contributed by atoms with Gasteiger partial charge < -0.3 is 5.32 Å². The standard InChI is InChI=1S/C7H13N/c1-2-7-3-5-8-6-4-7/h3,8H,2,4-6H2,1H3. The third-order valence-electron chi connectivity index (χ3n) is 1.61. The van der Waals surface area contributed by atoms with E-state index in [-0.39, 0.29) is 0 Å². The van der Waals surface area contributed by atoms with Crippen LogP contribution in [0.25, 0.3) is 0 Å². The van der Waals surface area contributed by atoms with Gasteiger partial charge >= 0.3 is 0 Å². The maximum atomic E-state index is 3.27. The highest BCUT2D eigenvalue weighted by atomic mass is 14.8. The molecule has 1 heterocycles. The third kappa shape index (κ3) is 1.34. The Hall–Kier alpha value is -0.300. The first-order valence-electron chi connectivity index (χ1n) is 3.32. The maximum absolute atomic E-state index is 3.27. The van der Waals surface area contributed by atoms with Gasteiger partial charge in [0.1, 0.15) is 0 Å². The van der Waals surface area contributed by atoms with Gasteiger partial charge in [-0.2, -0.15) is 0 Å². The molecule has 0 unspecified atom stereocenters. The molecular formula is C7H13N. The third-order valence-corrected chi connectivity index (χ3v) is 1.61. The summed E-state index contributed by atoms with van der Waals surface area (Å²) in [6.07, 6.45) is 4.79. The van der Waals surface area contributed by atoms with Crippen molar-refractivity contribution in [3.63, 3.8) is 0 Å². The Morgan fingerprint density at radius 2 is 2.62 bits per heavy atom. The molecule has 0 bridgehead atoms. The summed E-state index contributed by atoms with van der Waals surface area (Å²) in [5.74, 6) is 0. The van der Waals surface area contributed by atoms with Crippen molar-refractivity contribution in [2.45, 2.75) is 19.8 Å². The van der Waals surface area contributed by atoms with Crippen molar-refractivity contribution >= 4 is 0 Å².